The first-order valence-electron chi connectivity index (χ1n) is 8.33. The highest BCUT2D eigenvalue weighted by atomic mass is 19.1. The van der Waals surface area contributed by atoms with Crippen LogP contribution in [0.2, 0.25) is 0 Å². The van der Waals surface area contributed by atoms with Gasteiger partial charge >= 0.3 is 0 Å². The summed E-state index contributed by atoms with van der Waals surface area (Å²) in [6, 6.07) is 12.7. The lowest BCUT2D eigenvalue weighted by molar-refractivity contribution is 0.102. The number of anilines is 2. The highest BCUT2D eigenvalue weighted by Crippen LogP contribution is 2.18. The van der Waals surface area contributed by atoms with Gasteiger partial charge in [-0.15, -0.1) is 0 Å². The quantitative estimate of drug-likeness (QED) is 0.724. The number of nitrogens with one attached hydrogen (secondary N) is 2. The van der Waals surface area contributed by atoms with Crippen LogP contribution in [0.4, 0.5) is 15.8 Å². The Morgan fingerprint density at radius 2 is 1.48 bits per heavy atom. The topological polar surface area (TPSA) is 71.1 Å². The molecule has 3 rings (SSSR count). The van der Waals surface area contributed by atoms with Gasteiger partial charge in [0.25, 0.3) is 11.8 Å². The molecule has 0 spiro atoms. The molecule has 6 heteroatoms. The van der Waals surface area contributed by atoms with Crippen LogP contribution >= 0.6 is 0 Å². The maximum Gasteiger partial charge on any atom is 0.257 e. The van der Waals surface area contributed by atoms with Gasteiger partial charge in [0.05, 0.1) is 11.1 Å². The Kier molecular flexibility index (Phi) is 5.26. The largest absolute Gasteiger partial charge is 0.322 e. The van der Waals surface area contributed by atoms with Gasteiger partial charge in [-0.05, 0) is 61.4 Å². The summed E-state index contributed by atoms with van der Waals surface area (Å²) in [4.78, 5) is 28.9. The molecule has 0 aliphatic carbocycles. The van der Waals surface area contributed by atoms with Crippen molar-refractivity contribution < 1.29 is 14.0 Å². The molecular formula is C21H18FN3O2. The fraction of sp³-hybridized carbons (Fsp3) is 0.0952. The van der Waals surface area contributed by atoms with Gasteiger partial charge in [0.1, 0.15) is 5.82 Å². The van der Waals surface area contributed by atoms with E-state index in [1.165, 1.54) is 42.7 Å². The Labute approximate surface area is 156 Å². The van der Waals surface area contributed by atoms with Crippen LogP contribution in [-0.4, -0.2) is 16.8 Å². The minimum absolute atomic E-state index is 0.230. The molecule has 3 aromatic rings. The number of carbonyl (C=O) groups excluding carboxylic acids is 2. The van der Waals surface area contributed by atoms with E-state index in [1.807, 2.05) is 32.0 Å². The van der Waals surface area contributed by atoms with E-state index in [2.05, 4.69) is 15.6 Å². The number of hydrogen-bond acceptors (Lipinski definition) is 3. The molecule has 0 bridgehead atoms. The van der Waals surface area contributed by atoms with Crippen molar-refractivity contribution in [3.63, 3.8) is 0 Å². The summed E-state index contributed by atoms with van der Waals surface area (Å²) in [5, 5.41) is 5.48. The molecule has 1 heterocycles. The third-order valence-corrected chi connectivity index (χ3v) is 4.01. The fourth-order valence-electron chi connectivity index (χ4n) is 2.49. The number of carbonyl (C=O) groups is 2. The van der Waals surface area contributed by atoms with E-state index in [0.717, 1.165) is 11.1 Å². The van der Waals surface area contributed by atoms with Crippen LogP contribution in [0, 0.1) is 19.7 Å². The average Bonchev–Trinajstić information content (AvgIpc) is 2.66. The Bertz CT molecular complexity index is 1000. The molecule has 0 radical (unpaired) electrons. The molecule has 5 nitrogen and oxygen atoms in total. The molecule has 0 unspecified atom stereocenters. The first kappa shape index (κ1) is 18.3. The first-order valence-corrected chi connectivity index (χ1v) is 8.33. The van der Waals surface area contributed by atoms with Crippen LogP contribution in [0.15, 0.2) is 60.9 Å². The van der Waals surface area contributed by atoms with Crippen molar-refractivity contribution in [2.45, 2.75) is 13.8 Å². The molecule has 0 aliphatic heterocycles. The monoisotopic (exact) mass is 363 g/mol. The van der Waals surface area contributed by atoms with Crippen molar-refractivity contribution in [1.29, 1.82) is 0 Å². The smallest absolute Gasteiger partial charge is 0.257 e. The normalized spacial score (nSPS) is 10.3. The summed E-state index contributed by atoms with van der Waals surface area (Å²) in [7, 11) is 0. The second kappa shape index (κ2) is 7.78. The number of amides is 2. The van der Waals surface area contributed by atoms with Crippen LogP contribution in [-0.2, 0) is 0 Å². The number of hydrogen-bond donors (Lipinski definition) is 2. The lowest BCUT2D eigenvalue weighted by Gasteiger charge is -2.10. The number of nitrogens with zero attached hydrogens (tertiary/aromatic N) is 1. The molecule has 0 saturated heterocycles. The Hall–Kier alpha value is -3.54. The van der Waals surface area contributed by atoms with E-state index in [1.54, 1.807) is 0 Å². The standard InChI is InChI=1S/C21H18FN3O2/c1-13-3-4-14(2)19(9-13)25-21(27)16-10-15(11-23-12-16)20(26)24-18-7-5-17(22)6-8-18/h3-12H,1-2H3,(H,24,26)(H,25,27). The lowest BCUT2D eigenvalue weighted by Crippen LogP contribution is -2.16. The molecule has 0 fully saturated rings. The molecule has 2 aromatic carbocycles. The van der Waals surface area contributed by atoms with E-state index in [0.29, 0.717) is 11.4 Å². The summed E-state index contributed by atoms with van der Waals surface area (Å²) < 4.78 is 13.0. The van der Waals surface area contributed by atoms with E-state index in [9.17, 15) is 14.0 Å². The molecule has 0 saturated carbocycles. The number of benzene rings is 2. The van der Waals surface area contributed by atoms with Crippen molar-refractivity contribution in [3.8, 4) is 0 Å². The second-order valence-electron chi connectivity index (χ2n) is 6.20. The number of halogens is 1. The van der Waals surface area contributed by atoms with Crippen molar-refractivity contribution >= 4 is 23.2 Å². The van der Waals surface area contributed by atoms with Gasteiger partial charge in [-0.2, -0.15) is 0 Å². The predicted octanol–water partition coefficient (Wildman–Crippen LogP) is 4.34. The summed E-state index contributed by atoms with van der Waals surface area (Å²) in [6.45, 7) is 3.84. The summed E-state index contributed by atoms with van der Waals surface area (Å²) in [5.74, 6) is -1.18. The average molecular weight is 363 g/mol. The Balaban J connectivity index is 1.76. The van der Waals surface area contributed by atoms with Gasteiger partial charge in [-0.1, -0.05) is 12.1 Å². The summed E-state index contributed by atoms with van der Waals surface area (Å²) in [6.07, 6.45) is 2.77. The second-order valence-corrected chi connectivity index (χ2v) is 6.20. The van der Waals surface area contributed by atoms with Crippen LogP contribution in [0.3, 0.4) is 0 Å². The Morgan fingerprint density at radius 3 is 2.15 bits per heavy atom. The first-order chi connectivity index (χ1) is 12.9. The van der Waals surface area contributed by atoms with Crippen molar-refractivity contribution in [2.24, 2.45) is 0 Å². The highest BCUT2D eigenvalue weighted by molar-refractivity contribution is 6.08. The van der Waals surface area contributed by atoms with Gasteiger partial charge in [0.15, 0.2) is 0 Å². The zero-order valence-electron chi connectivity index (χ0n) is 14.9. The van der Waals surface area contributed by atoms with Gasteiger partial charge in [0.2, 0.25) is 0 Å². The molecule has 0 aliphatic rings. The minimum atomic E-state index is -0.435. The van der Waals surface area contributed by atoms with Crippen LogP contribution in [0.25, 0.3) is 0 Å². The minimum Gasteiger partial charge on any atom is -0.322 e. The van der Waals surface area contributed by atoms with Crippen LogP contribution < -0.4 is 10.6 Å². The van der Waals surface area contributed by atoms with E-state index in [4.69, 9.17) is 0 Å². The molecule has 136 valence electrons. The van der Waals surface area contributed by atoms with E-state index in [-0.39, 0.29) is 22.9 Å². The maximum atomic E-state index is 13.0. The van der Waals surface area contributed by atoms with Gasteiger partial charge in [0, 0.05) is 23.8 Å². The number of pyridine rings is 1. The van der Waals surface area contributed by atoms with Crippen molar-refractivity contribution in [3.05, 3.63) is 89.0 Å². The van der Waals surface area contributed by atoms with E-state index >= 15 is 0 Å². The zero-order chi connectivity index (χ0) is 19.4. The van der Waals surface area contributed by atoms with Gasteiger partial charge < -0.3 is 10.6 Å². The van der Waals surface area contributed by atoms with Gasteiger partial charge in [-0.3, -0.25) is 14.6 Å². The predicted molar refractivity (Wildman–Crippen MR) is 102 cm³/mol. The molecule has 2 amide bonds. The number of rotatable bonds is 4. The SMILES string of the molecule is Cc1ccc(C)c(NC(=O)c2cncc(C(=O)Nc3ccc(F)cc3)c2)c1. The zero-order valence-corrected chi connectivity index (χ0v) is 14.9. The van der Waals surface area contributed by atoms with Crippen LogP contribution in [0.5, 0.6) is 0 Å². The van der Waals surface area contributed by atoms with Gasteiger partial charge in [-0.25, -0.2) is 4.39 Å². The van der Waals surface area contributed by atoms with Crippen LogP contribution in [0.1, 0.15) is 31.8 Å². The molecular weight excluding hydrogens is 345 g/mol. The fourth-order valence-corrected chi connectivity index (χ4v) is 2.49. The summed E-state index contributed by atoms with van der Waals surface area (Å²) in [5.41, 5.74) is 3.62. The number of aryl methyl sites for hydroxylation is 2. The van der Waals surface area contributed by atoms with E-state index < -0.39 is 5.91 Å². The molecule has 1 aromatic heterocycles. The maximum absolute atomic E-state index is 13.0. The molecule has 0 atom stereocenters. The summed E-state index contributed by atoms with van der Waals surface area (Å²) >= 11 is 0. The molecule has 2 N–H and O–H groups in total. The lowest BCUT2D eigenvalue weighted by atomic mass is 10.1. The third kappa shape index (κ3) is 4.55. The molecule has 27 heavy (non-hydrogen) atoms. The third-order valence-electron chi connectivity index (χ3n) is 4.01. The highest BCUT2D eigenvalue weighted by Gasteiger charge is 2.13. The Morgan fingerprint density at radius 1 is 0.852 bits per heavy atom. The number of aromatic nitrogens is 1. The van der Waals surface area contributed by atoms with Crippen molar-refractivity contribution in [1.82, 2.24) is 4.98 Å². The van der Waals surface area contributed by atoms with Crippen molar-refractivity contribution in [2.75, 3.05) is 10.6 Å².